The lowest BCUT2D eigenvalue weighted by Crippen LogP contribution is -2.40. The van der Waals surface area contributed by atoms with Gasteiger partial charge in [-0.15, -0.1) is 0 Å². The highest BCUT2D eigenvalue weighted by molar-refractivity contribution is 5.86. The fourth-order valence-electron chi connectivity index (χ4n) is 1.87. The van der Waals surface area contributed by atoms with Crippen molar-refractivity contribution in [1.29, 1.82) is 0 Å². The second-order valence-electron chi connectivity index (χ2n) is 5.16. The Morgan fingerprint density at radius 1 is 1.41 bits per heavy atom. The van der Waals surface area contributed by atoms with E-state index < -0.39 is 29.8 Å². The first-order valence-electron chi connectivity index (χ1n) is 7.27. The van der Waals surface area contributed by atoms with Crippen molar-refractivity contribution in [3.05, 3.63) is 35.1 Å². The van der Waals surface area contributed by atoms with Gasteiger partial charge in [-0.3, -0.25) is 4.79 Å². The lowest BCUT2D eigenvalue weighted by Gasteiger charge is -2.19. The summed E-state index contributed by atoms with van der Waals surface area (Å²) < 4.78 is 18.6. The summed E-state index contributed by atoms with van der Waals surface area (Å²) in [6.45, 7) is 5.56. The number of carboxylic acids is 1. The van der Waals surface area contributed by atoms with Crippen LogP contribution in [0.4, 0.5) is 4.39 Å². The number of halogens is 1. The molecule has 0 heterocycles. The highest BCUT2D eigenvalue weighted by Crippen LogP contribution is 2.17. The first kappa shape index (κ1) is 18.1. The van der Waals surface area contributed by atoms with Gasteiger partial charge in [-0.2, -0.15) is 0 Å². The smallest absolute Gasteiger partial charge is 0.330 e. The summed E-state index contributed by atoms with van der Waals surface area (Å²) in [5.74, 6) is -2.14. The summed E-state index contributed by atoms with van der Waals surface area (Å²) >= 11 is 0. The van der Waals surface area contributed by atoms with Gasteiger partial charge in [0, 0.05) is 6.61 Å². The van der Waals surface area contributed by atoms with Crippen LogP contribution in [0.2, 0.25) is 0 Å². The number of hydrogen-bond acceptors (Lipinski definition) is 3. The van der Waals surface area contributed by atoms with Crippen molar-refractivity contribution in [3.8, 4) is 0 Å². The molecule has 0 radical (unpaired) electrons. The fraction of sp³-hybridized carbons (Fsp3) is 0.500. The molecule has 2 unspecified atom stereocenters. The molecule has 0 spiro atoms. The van der Waals surface area contributed by atoms with Gasteiger partial charge in [0.2, 0.25) is 5.91 Å². The molecule has 0 aliphatic carbocycles. The minimum atomic E-state index is -1.23. The lowest BCUT2D eigenvalue weighted by molar-refractivity contribution is -0.144. The fourth-order valence-corrected chi connectivity index (χ4v) is 1.87. The Kier molecular flexibility index (Phi) is 6.98. The maximum Gasteiger partial charge on any atom is 0.330 e. The van der Waals surface area contributed by atoms with Crippen LogP contribution in [0.1, 0.15) is 43.9 Å². The molecule has 122 valence electrons. The topological polar surface area (TPSA) is 75.6 Å². The summed E-state index contributed by atoms with van der Waals surface area (Å²) in [7, 11) is 0. The molecule has 0 saturated carbocycles. The number of rotatable bonds is 8. The third-order valence-corrected chi connectivity index (χ3v) is 3.28. The zero-order valence-corrected chi connectivity index (χ0v) is 13.1. The normalized spacial score (nSPS) is 13.5. The number of nitrogens with one attached hydrogen (secondary N) is 1. The van der Waals surface area contributed by atoms with Gasteiger partial charge in [0.05, 0.1) is 0 Å². The summed E-state index contributed by atoms with van der Waals surface area (Å²) in [5.41, 5.74) is 0.644. The van der Waals surface area contributed by atoms with E-state index in [2.05, 4.69) is 5.32 Å². The van der Waals surface area contributed by atoms with Crippen molar-refractivity contribution >= 4 is 11.9 Å². The van der Waals surface area contributed by atoms with Crippen LogP contribution in [0, 0.1) is 12.7 Å². The maximum atomic E-state index is 13.3. The Balaban J connectivity index is 2.77. The Morgan fingerprint density at radius 2 is 2.09 bits per heavy atom. The molecule has 0 saturated heterocycles. The van der Waals surface area contributed by atoms with Crippen LogP contribution < -0.4 is 5.32 Å². The number of ether oxygens (including phenoxy) is 1. The van der Waals surface area contributed by atoms with Crippen molar-refractivity contribution in [2.24, 2.45) is 0 Å². The molecular weight excluding hydrogens is 289 g/mol. The van der Waals surface area contributed by atoms with Crippen LogP contribution >= 0.6 is 0 Å². The number of unbranched alkanes of at least 4 members (excludes halogenated alkanes) is 1. The number of carbonyl (C=O) groups is 2. The van der Waals surface area contributed by atoms with E-state index in [-0.39, 0.29) is 0 Å². The molecule has 6 heteroatoms. The number of benzene rings is 1. The quantitative estimate of drug-likeness (QED) is 0.724. The van der Waals surface area contributed by atoms with Gasteiger partial charge >= 0.3 is 5.97 Å². The molecule has 5 nitrogen and oxygen atoms in total. The van der Waals surface area contributed by atoms with E-state index in [0.29, 0.717) is 17.7 Å². The Hall–Kier alpha value is -1.95. The first-order chi connectivity index (χ1) is 10.4. The van der Waals surface area contributed by atoms with Crippen LogP contribution in [0.15, 0.2) is 18.2 Å². The van der Waals surface area contributed by atoms with Crippen molar-refractivity contribution in [2.45, 2.75) is 45.8 Å². The summed E-state index contributed by atoms with van der Waals surface area (Å²) in [6.07, 6.45) is 1.04. The monoisotopic (exact) mass is 311 g/mol. The Bertz CT molecular complexity index is 533. The molecule has 1 aromatic carbocycles. The molecule has 22 heavy (non-hydrogen) atoms. The average Bonchev–Trinajstić information content (AvgIpc) is 2.47. The second-order valence-corrected chi connectivity index (χ2v) is 5.16. The van der Waals surface area contributed by atoms with Crippen LogP contribution in [-0.4, -0.2) is 29.7 Å². The van der Waals surface area contributed by atoms with Gasteiger partial charge in [0.15, 0.2) is 6.04 Å². The molecule has 1 amide bonds. The average molecular weight is 311 g/mol. The molecule has 1 rings (SSSR count). The highest BCUT2D eigenvalue weighted by atomic mass is 19.1. The molecule has 0 aliphatic heterocycles. The predicted molar refractivity (Wildman–Crippen MR) is 80.0 cm³/mol. The summed E-state index contributed by atoms with van der Waals surface area (Å²) in [5, 5.41) is 11.7. The van der Waals surface area contributed by atoms with Gasteiger partial charge in [-0.1, -0.05) is 25.5 Å². The minimum Gasteiger partial charge on any atom is -0.479 e. The number of carboxylic acid groups (broad SMARTS) is 1. The zero-order valence-electron chi connectivity index (χ0n) is 13.1. The van der Waals surface area contributed by atoms with Crippen LogP contribution in [0.25, 0.3) is 0 Å². The van der Waals surface area contributed by atoms with E-state index >= 15 is 0 Å². The van der Waals surface area contributed by atoms with Crippen molar-refractivity contribution in [3.63, 3.8) is 0 Å². The van der Waals surface area contributed by atoms with Gasteiger partial charge in [0.1, 0.15) is 11.9 Å². The summed E-state index contributed by atoms with van der Waals surface area (Å²) in [4.78, 5) is 23.4. The SMILES string of the molecule is CCCCOC(C)C(=O)NC(C(=O)O)c1ccc(F)c(C)c1. The number of hydrogen-bond donors (Lipinski definition) is 2. The van der Waals surface area contributed by atoms with E-state index in [9.17, 15) is 19.1 Å². The molecular formula is C16H22FNO4. The third-order valence-electron chi connectivity index (χ3n) is 3.28. The highest BCUT2D eigenvalue weighted by Gasteiger charge is 2.25. The maximum absolute atomic E-state index is 13.3. The molecule has 2 atom stereocenters. The van der Waals surface area contributed by atoms with Crippen molar-refractivity contribution < 1.29 is 23.8 Å². The number of amides is 1. The number of aryl methyl sites for hydroxylation is 1. The minimum absolute atomic E-state index is 0.320. The predicted octanol–water partition coefficient (Wildman–Crippen LogP) is 2.58. The van der Waals surface area contributed by atoms with Crippen LogP contribution in [-0.2, 0) is 14.3 Å². The number of aliphatic carboxylic acids is 1. The van der Waals surface area contributed by atoms with Gasteiger partial charge < -0.3 is 15.2 Å². The van der Waals surface area contributed by atoms with Gasteiger partial charge in [-0.05, 0) is 37.5 Å². The van der Waals surface area contributed by atoms with Crippen molar-refractivity contribution in [1.82, 2.24) is 5.32 Å². The molecule has 1 aromatic rings. The van der Waals surface area contributed by atoms with Gasteiger partial charge in [0.25, 0.3) is 0 Å². The second kappa shape index (κ2) is 8.48. The van der Waals surface area contributed by atoms with Crippen LogP contribution in [0.3, 0.4) is 0 Å². The van der Waals surface area contributed by atoms with E-state index in [1.807, 2.05) is 6.92 Å². The lowest BCUT2D eigenvalue weighted by atomic mass is 10.0. The zero-order chi connectivity index (χ0) is 16.7. The third kappa shape index (κ3) is 5.11. The Labute approximate surface area is 129 Å². The largest absolute Gasteiger partial charge is 0.479 e. The molecule has 0 aliphatic rings. The Morgan fingerprint density at radius 3 is 2.64 bits per heavy atom. The van der Waals surface area contributed by atoms with E-state index in [4.69, 9.17) is 4.74 Å². The van der Waals surface area contributed by atoms with Gasteiger partial charge in [-0.25, -0.2) is 9.18 Å². The summed E-state index contributed by atoms with van der Waals surface area (Å²) in [6, 6.07) is 2.72. The molecule has 0 aromatic heterocycles. The number of carbonyl (C=O) groups excluding carboxylic acids is 1. The molecule has 2 N–H and O–H groups in total. The van der Waals surface area contributed by atoms with E-state index in [1.54, 1.807) is 6.92 Å². The van der Waals surface area contributed by atoms with E-state index in [0.717, 1.165) is 12.8 Å². The van der Waals surface area contributed by atoms with Crippen molar-refractivity contribution in [2.75, 3.05) is 6.61 Å². The van der Waals surface area contributed by atoms with E-state index in [1.165, 1.54) is 25.1 Å². The van der Waals surface area contributed by atoms with Crippen LogP contribution in [0.5, 0.6) is 0 Å². The molecule has 0 bridgehead atoms. The molecule has 0 fully saturated rings. The standard InChI is InChI=1S/C16H22FNO4/c1-4-5-8-22-11(3)15(19)18-14(16(20)21)12-6-7-13(17)10(2)9-12/h6-7,9,11,14H,4-5,8H2,1-3H3,(H,18,19)(H,20,21). The first-order valence-corrected chi connectivity index (χ1v) is 7.27.